The van der Waals surface area contributed by atoms with E-state index in [1.54, 1.807) is 29.0 Å². The van der Waals surface area contributed by atoms with Crippen molar-refractivity contribution < 1.29 is 70.6 Å². The van der Waals surface area contributed by atoms with Crippen molar-refractivity contribution >= 4 is 107 Å². The van der Waals surface area contributed by atoms with Gasteiger partial charge in [0.1, 0.15) is 46.6 Å². The van der Waals surface area contributed by atoms with Gasteiger partial charge in [0.15, 0.2) is 0 Å². The highest BCUT2D eigenvalue weighted by molar-refractivity contribution is 6.67. The summed E-state index contributed by atoms with van der Waals surface area (Å²) in [5.74, 6) is -5.48. The molecule has 7 fully saturated rings. The first-order chi connectivity index (χ1) is 45.7. The lowest BCUT2D eigenvalue weighted by Crippen LogP contribution is -2.36. The smallest absolute Gasteiger partial charge is 0.343 e. The molecule has 4 saturated carbocycles. The van der Waals surface area contributed by atoms with Gasteiger partial charge in [-0.05, 0) is 111 Å². The zero-order valence-electron chi connectivity index (χ0n) is 51.4. The van der Waals surface area contributed by atoms with Crippen molar-refractivity contribution in [2.75, 3.05) is 114 Å². The fourth-order valence-corrected chi connectivity index (χ4v) is 12.4. The standard InChI is InChI=1S/C20H23FN2O5.C17H16ClFN2O3.C17H17FN2O4.C13H9ClFNO3/c1-26-8-9-28-20(25)15-12-23(13-2-3-13)17-11-18(22-4-6-27-7-5-22)16(21)10-14(17)19(15)24;18-17(23)12-9-21(10-1-2-10)14-8-15(20-3-5-24-6-4-20)13(19)7-11(14)16(12)22;18-13-7-11-14(8-15(13)19-3-5-24-6-4-19)20(10-1-2-10)9-12(16(11)21)17(22)23;14-9-4-11-7(3-10(9)15)12(17)8(13(18)19)5-16(11)6-1-2-6/h10-13H,2-9H2,1H3;7-10H,1-6H2;7-10H,1-6H2,(H,22,23);3-6H,1-2H2,(H,18,19). The zero-order valence-corrected chi connectivity index (χ0v) is 52.9. The van der Waals surface area contributed by atoms with Crippen LogP contribution in [0.25, 0.3) is 43.6 Å². The van der Waals surface area contributed by atoms with Gasteiger partial charge in [0.2, 0.25) is 21.7 Å². The molecular formula is C67H65Cl2F4N7O15. The van der Waals surface area contributed by atoms with E-state index in [0.29, 0.717) is 118 Å². The number of anilines is 3. The first-order valence-electron chi connectivity index (χ1n) is 31.2. The number of carboxylic acids is 2. The van der Waals surface area contributed by atoms with Gasteiger partial charge in [-0.25, -0.2) is 31.9 Å². The van der Waals surface area contributed by atoms with Crippen LogP contribution in [-0.4, -0.2) is 151 Å². The fraction of sp³-hybridized carbons (Fsp3) is 0.403. The van der Waals surface area contributed by atoms with E-state index in [1.807, 2.05) is 28.4 Å². The van der Waals surface area contributed by atoms with Crippen LogP contribution in [0.3, 0.4) is 0 Å². The highest BCUT2D eigenvalue weighted by Crippen LogP contribution is 2.42. The normalized spacial score (nSPS) is 17.2. The lowest BCUT2D eigenvalue weighted by Gasteiger charge is -2.29. The maximum absolute atomic E-state index is 14.9. The number of hydrogen-bond acceptors (Lipinski definition) is 16. The Kier molecular flexibility index (Phi) is 19.5. The second-order valence-corrected chi connectivity index (χ2v) is 24.8. The maximum atomic E-state index is 14.9. The minimum atomic E-state index is -1.31. The van der Waals surface area contributed by atoms with Crippen molar-refractivity contribution in [3.8, 4) is 0 Å². The van der Waals surface area contributed by atoms with Crippen LogP contribution in [0, 0.1) is 23.3 Å². The Morgan fingerprint density at radius 2 is 0.747 bits per heavy atom. The molecule has 0 spiro atoms. The van der Waals surface area contributed by atoms with E-state index in [1.165, 1.54) is 50.0 Å². The van der Waals surface area contributed by atoms with Gasteiger partial charge in [-0.15, -0.1) is 0 Å². The molecule has 3 aliphatic heterocycles. The molecule has 3 saturated heterocycles. The van der Waals surface area contributed by atoms with E-state index in [9.17, 15) is 61.0 Å². The molecule has 95 heavy (non-hydrogen) atoms. The molecule has 2 N–H and O–H groups in total. The number of methoxy groups -OCH3 is 1. The third kappa shape index (κ3) is 14.2. The van der Waals surface area contributed by atoms with Gasteiger partial charge < -0.3 is 66.9 Å². The van der Waals surface area contributed by atoms with Crippen molar-refractivity contribution in [2.45, 2.75) is 75.5 Å². The first kappa shape index (κ1) is 66.4. The molecule has 4 aromatic carbocycles. The number of nitrogens with zero attached hydrogens (tertiary/aromatic N) is 7. The summed E-state index contributed by atoms with van der Waals surface area (Å²) in [7, 11) is 1.50. The predicted molar refractivity (Wildman–Crippen MR) is 346 cm³/mol. The summed E-state index contributed by atoms with van der Waals surface area (Å²) in [5.41, 5.74) is 0.521. The van der Waals surface area contributed by atoms with Crippen molar-refractivity contribution in [2.24, 2.45) is 0 Å². The number of fused-ring (bicyclic) bond motifs is 4. The predicted octanol–water partition coefficient (Wildman–Crippen LogP) is 9.64. The number of pyridine rings is 4. The van der Waals surface area contributed by atoms with E-state index in [4.69, 9.17) is 52.0 Å². The Morgan fingerprint density at radius 3 is 1.06 bits per heavy atom. The van der Waals surface area contributed by atoms with Gasteiger partial charge >= 0.3 is 17.9 Å². The van der Waals surface area contributed by atoms with Crippen molar-refractivity contribution in [1.29, 1.82) is 0 Å². The molecule has 8 aromatic rings. The first-order valence-corrected chi connectivity index (χ1v) is 32.0. The summed E-state index contributed by atoms with van der Waals surface area (Å²) in [4.78, 5) is 102. The number of ether oxygens (including phenoxy) is 5. The van der Waals surface area contributed by atoms with E-state index in [0.717, 1.165) is 57.4 Å². The Hall–Kier alpha value is -8.66. The molecule has 0 unspecified atom stereocenters. The van der Waals surface area contributed by atoms with Crippen LogP contribution in [-0.2, 0) is 23.7 Å². The quantitative estimate of drug-likeness (QED) is 0.0445. The average molecular weight is 1360 g/mol. The molecular weight excluding hydrogens is 1290 g/mol. The number of carbonyl (C=O) groups is 4. The van der Waals surface area contributed by atoms with Gasteiger partial charge in [-0.2, -0.15) is 0 Å². The van der Waals surface area contributed by atoms with Crippen LogP contribution in [0.15, 0.2) is 92.5 Å². The third-order valence-electron chi connectivity index (χ3n) is 17.6. The van der Waals surface area contributed by atoms with Crippen molar-refractivity contribution in [3.05, 3.63) is 165 Å². The SMILES string of the molecule is COCCOC(=O)c1cn(C2CC2)c2cc(N3CCOCC3)c(F)cc2c1=O.O=C(Cl)c1cn(C2CC2)c2cc(N3CCOCC3)c(F)cc2c1=O.O=C(O)c1cn(C2CC2)c2cc(Cl)c(F)cc2c1=O.O=C(O)c1cn(C2CC2)c2cc(N3CCOCC3)c(F)cc2c1=O. The second-order valence-electron chi connectivity index (χ2n) is 24.1. The highest BCUT2D eigenvalue weighted by Gasteiger charge is 2.33. The molecule has 7 heterocycles. The molecule has 500 valence electrons. The van der Waals surface area contributed by atoms with Crippen molar-refractivity contribution in [3.63, 3.8) is 0 Å². The maximum Gasteiger partial charge on any atom is 0.343 e. The molecule has 22 nitrogen and oxygen atoms in total. The van der Waals surface area contributed by atoms with Gasteiger partial charge in [-0.1, -0.05) is 11.6 Å². The molecule has 0 bridgehead atoms. The summed E-state index contributed by atoms with van der Waals surface area (Å²) in [6.07, 6.45) is 13.3. The van der Waals surface area contributed by atoms with Crippen LogP contribution in [0.1, 0.15) is 117 Å². The number of carboxylic acid groups (broad SMARTS) is 2. The summed E-state index contributed by atoms with van der Waals surface area (Å²) in [6.45, 7) is 7.12. The Balaban J connectivity index is 0.000000122. The molecule has 4 aliphatic carbocycles. The fourth-order valence-electron chi connectivity index (χ4n) is 12.1. The summed E-state index contributed by atoms with van der Waals surface area (Å²) < 4.78 is 90.8. The molecule has 0 amide bonds. The summed E-state index contributed by atoms with van der Waals surface area (Å²) >= 11 is 11.3. The molecule has 0 atom stereocenters. The number of halogens is 6. The number of aromatic carboxylic acids is 2. The Morgan fingerprint density at radius 1 is 0.453 bits per heavy atom. The van der Waals surface area contributed by atoms with Crippen molar-refractivity contribution in [1.82, 2.24) is 18.3 Å². The van der Waals surface area contributed by atoms with Crippen LogP contribution >= 0.6 is 23.2 Å². The second kappa shape index (κ2) is 28.0. The molecule has 15 rings (SSSR count). The van der Waals surface area contributed by atoms with E-state index in [-0.39, 0.29) is 86.2 Å². The Bertz CT molecular complexity index is 4500. The number of esters is 1. The lowest BCUT2D eigenvalue weighted by atomic mass is 10.1. The lowest BCUT2D eigenvalue weighted by molar-refractivity contribution is 0.0385. The monoisotopic (exact) mass is 1350 g/mol. The van der Waals surface area contributed by atoms with E-state index < -0.39 is 68.1 Å². The minimum absolute atomic E-state index is 0.0497. The van der Waals surface area contributed by atoms with Gasteiger partial charge in [0, 0.05) is 117 Å². The van der Waals surface area contributed by atoms with Crippen LogP contribution < -0.4 is 36.4 Å². The zero-order chi connectivity index (χ0) is 67.1. The van der Waals surface area contributed by atoms with E-state index >= 15 is 0 Å². The van der Waals surface area contributed by atoms with E-state index in [2.05, 4.69) is 0 Å². The van der Waals surface area contributed by atoms with Gasteiger partial charge in [-0.3, -0.25) is 24.0 Å². The molecule has 4 aromatic heterocycles. The number of rotatable bonds is 14. The number of hydrogen-bond donors (Lipinski definition) is 2. The summed E-state index contributed by atoms with van der Waals surface area (Å²) in [6, 6.07) is 11.9. The topological polar surface area (TPSA) is 253 Å². The number of carbonyl (C=O) groups excluding carboxylic acids is 2. The van der Waals surface area contributed by atoms with Gasteiger partial charge in [0.05, 0.1) is 96.0 Å². The van der Waals surface area contributed by atoms with Crippen LogP contribution in [0.2, 0.25) is 5.02 Å². The van der Waals surface area contributed by atoms with Crippen LogP contribution in [0.4, 0.5) is 34.6 Å². The number of morpholine rings is 3. The third-order valence-corrected chi connectivity index (χ3v) is 18.1. The largest absolute Gasteiger partial charge is 0.477 e. The molecule has 0 radical (unpaired) electrons. The summed E-state index contributed by atoms with van der Waals surface area (Å²) in [5, 5.41) is 18.0. The van der Waals surface area contributed by atoms with Gasteiger partial charge in [0.25, 0.3) is 5.24 Å². The molecule has 7 aliphatic rings. The number of aromatic nitrogens is 4. The average Bonchev–Trinajstić information content (AvgIpc) is 1.79. The van der Waals surface area contributed by atoms with Crippen LogP contribution in [0.5, 0.6) is 0 Å². The highest BCUT2D eigenvalue weighted by atomic mass is 35.5. The molecule has 28 heteroatoms. The number of benzene rings is 4. The Labute approximate surface area is 547 Å². The minimum Gasteiger partial charge on any atom is -0.477 e.